The number of pyridine rings is 1. The van der Waals surface area contributed by atoms with Crippen LogP contribution in [0.5, 0.6) is 11.6 Å². The van der Waals surface area contributed by atoms with Crippen LogP contribution in [0.4, 0.5) is 0 Å². The van der Waals surface area contributed by atoms with Gasteiger partial charge in [0.05, 0.1) is 5.56 Å². The van der Waals surface area contributed by atoms with E-state index in [1.54, 1.807) is 13.8 Å². The summed E-state index contributed by atoms with van der Waals surface area (Å²) in [6.45, 7) is 8.72. The average molecular weight is 354 g/mol. The molecule has 2 rings (SSSR count). The van der Waals surface area contributed by atoms with Crippen molar-refractivity contribution < 1.29 is 14.6 Å². The lowest BCUT2D eigenvalue weighted by molar-refractivity contribution is 0.0812. The largest absolute Gasteiger partial charge is 0.494 e. The molecule has 0 aliphatic rings. The lowest BCUT2D eigenvalue weighted by Crippen LogP contribution is -2.30. The first-order chi connectivity index (χ1) is 12.2. The maximum absolute atomic E-state index is 12.9. The number of carbonyl (C=O) groups excluding carboxylic acids is 1. The van der Waals surface area contributed by atoms with Crippen molar-refractivity contribution in [1.29, 1.82) is 5.26 Å². The van der Waals surface area contributed by atoms with Gasteiger partial charge in [-0.25, -0.2) is 0 Å². The van der Waals surface area contributed by atoms with Gasteiger partial charge in [-0.2, -0.15) is 5.26 Å². The highest BCUT2D eigenvalue weighted by Gasteiger charge is 2.27. The number of hydrogen-bond donors (Lipinski definition) is 1. The molecule has 1 aromatic carbocycles. The Balaban J connectivity index is 2.49. The quantitative estimate of drug-likeness (QED) is 0.833. The van der Waals surface area contributed by atoms with Crippen LogP contribution in [0.15, 0.2) is 23.0 Å². The van der Waals surface area contributed by atoms with Crippen LogP contribution in [-0.2, 0) is 6.54 Å². The molecule has 0 saturated carbocycles. The van der Waals surface area contributed by atoms with Gasteiger partial charge in [0.1, 0.15) is 17.4 Å². The topological polar surface area (TPSA) is 92.3 Å². The number of aromatic hydroxyl groups is 1. The van der Waals surface area contributed by atoms with Crippen LogP contribution in [0.25, 0.3) is 0 Å². The van der Waals surface area contributed by atoms with Gasteiger partial charge in [-0.05, 0) is 63.4 Å². The zero-order valence-electron chi connectivity index (χ0n) is 15.6. The Morgan fingerprint density at radius 3 is 2.35 bits per heavy atom. The predicted molar refractivity (Wildman–Crippen MR) is 97.8 cm³/mol. The summed E-state index contributed by atoms with van der Waals surface area (Å²) in [5, 5.41) is 19.7. The molecule has 6 nitrogen and oxygen atoms in total. The summed E-state index contributed by atoms with van der Waals surface area (Å²) in [5.41, 5.74) is 1.37. The SMILES string of the molecule is CCn1c(O)c(C(=O)C(C)Oc2cc(C)cc(C)c2)c(C)c(C#N)c1=O. The Bertz CT molecular complexity index is 947. The van der Waals surface area contributed by atoms with Gasteiger partial charge < -0.3 is 9.84 Å². The summed E-state index contributed by atoms with van der Waals surface area (Å²) in [6.07, 6.45) is -0.893. The van der Waals surface area contributed by atoms with Crippen molar-refractivity contribution in [2.45, 2.75) is 47.3 Å². The number of aromatic nitrogens is 1. The van der Waals surface area contributed by atoms with E-state index >= 15 is 0 Å². The zero-order chi connectivity index (χ0) is 19.6. The van der Waals surface area contributed by atoms with E-state index in [0.717, 1.165) is 15.7 Å². The number of rotatable bonds is 5. The van der Waals surface area contributed by atoms with Crippen molar-refractivity contribution in [2.75, 3.05) is 0 Å². The molecule has 0 spiro atoms. The minimum Gasteiger partial charge on any atom is -0.494 e. The van der Waals surface area contributed by atoms with Crippen LogP contribution >= 0.6 is 0 Å². The highest BCUT2D eigenvalue weighted by atomic mass is 16.5. The second kappa shape index (κ2) is 7.44. The Morgan fingerprint density at radius 2 is 1.85 bits per heavy atom. The third kappa shape index (κ3) is 3.47. The molecular formula is C20H22N2O4. The first-order valence-electron chi connectivity index (χ1n) is 8.36. The molecule has 0 aliphatic heterocycles. The average Bonchev–Trinajstić information content (AvgIpc) is 2.54. The van der Waals surface area contributed by atoms with Gasteiger partial charge >= 0.3 is 0 Å². The molecule has 2 aromatic rings. The van der Waals surface area contributed by atoms with Gasteiger partial charge in [0.15, 0.2) is 6.10 Å². The second-order valence-electron chi connectivity index (χ2n) is 6.31. The third-order valence-electron chi connectivity index (χ3n) is 4.24. The highest BCUT2D eigenvalue weighted by Crippen LogP contribution is 2.25. The molecule has 26 heavy (non-hydrogen) atoms. The van der Waals surface area contributed by atoms with E-state index < -0.39 is 23.3 Å². The standard InChI is InChI=1S/C20H22N2O4/c1-6-22-19(24)16(10-21)13(4)17(20(22)25)18(23)14(5)26-15-8-11(2)7-12(3)9-15/h7-9,14,25H,6H2,1-5H3. The Hall–Kier alpha value is -3.07. The van der Waals surface area contributed by atoms with Gasteiger partial charge in [0, 0.05) is 6.54 Å². The first kappa shape index (κ1) is 19.3. The van der Waals surface area contributed by atoms with E-state index in [-0.39, 0.29) is 23.2 Å². The number of nitriles is 1. The van der Waals surface area contributed by atoms with E-state index in [1.807, 2.05) is 38.1 Å². The summed E-state index contributed by atoms with van der Waals surface area (Å²) < 4.78 is 6.76. The van der Waals surface area contributed by atoms with Crippen molar-refractivity contribution in [2.24, 2.45) is 0 Å². The Morgan fingerprint density at radius 1 is 1.27 bits per heavy atom. The smallest absolute Gasteiger partial charge is 0.271 e. The number of Topliss-reactive ketones (excluding diaryl/α,β-unsaturated/α-hetero) is 1. The lowest BCUT2D eigenvalue weighted by atomic mass is 9.99. The second-order valence-corrected chi connectivity index (χ2v) is 6.31. The summed E-state index contributed by atoms with van der Waals surface area (Å²) in [5.74, 6) is -0.377. The summed E-state index contributed by atoms with van der Waals surface area (Å²) in [4.78, 5) is 25.1. The van der Waals surface area contributed by atoms with E-state index in [0.29, 0.717) is 5.75 Å². The summed E-state index contributed by atoms with van der Waals surface area (Å²) in [7, 11) is 0. The molecule has 0 saturated heterocycles. The highest BCUT2D eigenvalue weighted by molar-refractivity contribution is 6.03. The van der Waals surface area contributed by atoms with E-state index in [1.165, 1.54) is 6.92 Å². The first-order valence-corrected chi connectivity index (χ1v) is 8.36. The van der Waals surface area contributed by atoms with Crippen molar-refractivity contribution in [1.82, 2.24) is 4.57 Å². The number of ether oxygens (including phenoxy) is 1. The third-order valence-corrected chi connectivity index (χ3v) is 4.24. The minimum absolute atomic E-state index is 0.0557. The van der Waals surface area contributed by atoms with Gasteiger partial charge in [0.25, 0.3) is 5.56 Å². The molecule has 6 heteroatoms. The number of ketones is 1. The van der Waals surface area contributed by atoms with Gasteiger partial charge in [-0.3, -0.25) is 14.2 Å². The molecule has 136 valence electrons. The fourth-order valence-corrected chi connectivity index (χ4v) is 3.00. The minimum atomic E-state index is -0.893. The Kier molecular flexibility index (Phi) is 5.51. The van der Waals surface area contributed by atoms with Crippen LogP contribution in [0.1, 0.15) is 46.5 Å². The number of nitrogens with zero attached hydrogens (tertiary/aromatic N) is 2. The van der Waals surface area contributed by atoms with Gasteiger partial charge in [-0.15, -0.1) is 0 Å². The number of aryl methyl sites for hydroxylation is 2. The normalized spacial score (nSPS) is 11.7. The maximum atomic E-state index is 12.9. The molecular weight excluding hydrogens is 332 g/mol. The van der Waals surface area contributed by atoms with Crippen molar-refractivity contribution in [3.63, 3.8) is 0 Å². The molecule has 0 radical (unpaired) electrons. The molecule has 0 bridgehead atoms. The molecule has 1 N–H and O–H groups in total. The molecule has 0 fully saturated rings. The fourth-order valence-electron chi connectivity index (χ4n) is 3.00. The molecule has 0 aliphatic carbocycles. The molecule has 1 heterocycles. The van der Waals surface area contributed by atoms with Crippen LogP contribution in [0.3, 0.4) is 0 Å². The van der Waals surface area contributed by atoms with E-state index in [4.69, 9.17) is 4.74 Å². The predicted octanol–water partition coefficient (Wildman–Crippen LogP) is 3.02. The fraction of sp³-hybridized carbons (Fsp3) is 0.350. The Labute approximate surface area is 152 Å². The van der Waals surface area contributed by atoms with Crippen LogP contribution < -0.4 is 10.3 Å². The van der Waals surface area contributed by atoms with Gasteiger partial charge in [-0.1, -0.05) is 6.07 Å². The summed E-state index contributed by atoms with van der Waals surface area (Å²) in [6, 6.07) is 7.45. The number of hydrogen-bond acceptors (Lipinski definition) is 5. The zero-order valence-corrected chi connectivity index (χ0v) is 15.6. The van der Waals surface area contributed by atoms with Crippen molar-refractivity contribution in [3.8, 4) is 17.7 Å². The lowest BCUT2D eigenvalue weighted by Gasteiger charge is -2.18. The monoisotopic (exact) mass is 354 g/mol. The molecule has 1 aromatic heterocycles. The van der Waals surface area contributed by atoms with Crippen LogP contribution in [-0.4, -0.2) is 21.6 Å². The number of benzene rings is 1. The molecule has 1 unspecified atom stereocenters. The van der Waals surface area contributed by atoms with Crippen LogP contribution in [0.2, 0.25) is 0 Å². The number of carbonyl (C=O) groups is 1. The van der Waals surface area contributed by atoms with Gasteiger partial charge in [0.2, 0.25) is 11.7 Å². The summed E-state index contributed by atoms with van der Waals surface area (Å²) >= 11 is 0. The van der Waals surface area contributed by atoms with Crippen LogP contribution in [0, 0.1) is 32.1 Å². The maximum Gasteiger partial charge on any atom is 0.271 e. The van der Waals surface area contributed by atoms with E-state index in [9.17, 15) is 20.0 Å². The van der Waals surface area contributed by atoms with E-state index in [2.05, 4.69) is 0 Å². The van der Waals surface area contributed by atoms with Crippen molar-refractivity contribution >= 4 is 5.78 Å². The molecule has 1 atom stereocenters. The van der Waals surface area contributed by atoms with Crippen molar-refractivity contribution in [3.05, 3.63) is 56.4 Å². The molecule has 0 amide bonds.